The largest absolute Gasteiger partial charge is 0.318 e. The minimum absolute atomic E-state index is 0.0784. The van der Waals surface area contributed by atoms with E-state index in [1.165, 1.54) is 92.2 Å². The number of thiocarbonyl (C=S) groups is 1. The Morgan fingerprint density at radius 1 is 1.00 bits per heavy atom. The van der Waals surface area contributed by atoms with E-state index in [2.05, 4.69) is 48.7 Å². The molecule has 1 aromatic carbocycles. The van der Waals surface area contributed by atoms with Gasteiger partial charge in [0.15, 0.2) is 0 Å². The molecule has 0 bridgehead atoms. The molecule has 1 aromatic heterocycles. The average molecular weight is 493 g/mol. The molecule has 3 aliphatic rings. The highest BCUT2D eigenvalue weighted by Crippen LogP contribution is 2.36. The van der Waals surface area contributed by atoms with E-state index < -0.39 is 0 Å². The van der Waals surface area contributed by atoms with Gasteiger partial charge in [-0.3, -0.25) is 9.69 Å². The highest BCUT2D eigenvalue weighted by molar-refractivity contribution is 8.26. The van der Waals surface area contributed by atoms with E-state index in [1.54, 1.807) is 0 Å². The fourth-order valence-corrected chi connectivity index (χ4v) is 7.41. The molecule has 0 spiro atoms. The van der Waals surface area contributed by atoms with Gasteiger partial charge in [0.25, 0.3) is 5.91 Å². The summed E-state index contributed by atoms with van der Waals surface area (Å²) in [5.74, 6) is 1.56. The summed E-state index contributed by atoms with van der Waals surface area (Å²) >= 11 is 7.04. The maximum atomic E-state index is 13.1. The van der Waals surface area contributed by atoms with Gasteiger partial charge in [0.05, 0.1) is 4.91 Å². The smallest absolute Gasteiger partial charge is 0.266 e. The van der Waals surface area contributed by atoms with Crippen molar-refractivity contribution in [2.24, 2.45) is 5.92 Å². The van der Waals surface area contributed by atoms with Crippen LogP contribution in [0.4, 0.5) is 0 Å². The maximum Gasteiger partial charge on any atom is 0.266 e. The lowest BCUT2D eigenvalue weighted by Gasteiger charge is -2.22. The van der Waals surface area contributed by atoms with Crippen LogP contribution < -0.4 is 0 Å². The zero-order valence-electron chi connectivity index (χ0n) is 20.5. The quantitative estimate of drug-likeness (QED) is 0.302. The molecular weight excluding hydrogens is 456 g/mol. The van der Waals surface area contributed by atoms with Gasteiger partial charge in [-0.05, 0) is 80.3 Å². The topological polar surface area (TPSA) is 25.2 Å². The van der Waals surface area contributed by atoms with E-state index in [9.17, 15) is 4.79 Å². The van der Waals surface area contributed by atoms with E-state index in [4.69, 9.17) is 12.2 Å². The summed E-state index contributed by atoms with van der Waals surface area (Å²) in [6, 6.07) is 11.3. The highest BCUT2D eigenvalue weighted by Gasteiger charge is 2.32. The molecular formula is C29H36N2OS2. The Morgan fingerprint density at radius 2 is 1.68 bits per heavy atom. The first kappa shape index (κ1) is 23.9. The Balaban J connectivity index is 1.32. The molecule has 0 atom stereocenters. The van der Waals surface area contributed by atoms with Gasteiger partial charge in [0, 0.05) is 23.6 Å². The Bertz CT molecular complexity index is 1090. The number of nitrogens with zero attached hydrogens (tertiary/aromatic N) is 2. The lowest BCUT2D eigenvalue weighted by Crippen LogP contribution is -2.30. The minimum atomic E-state index is 0.0784. The van der Waals surface area contributed by atoms with Gasteiger partial charge in [-0.25, -0.2) is 0 Å². The van der Waals surface area contributed by atoms with Crippen molar-refractivity contribution in [2.45, 2.75) is 84.0 Å². The van der Waals surface area contributed by atoms with Crippen LogP contribution in [0.15, 0.2) is 35.2 Å². The van der Waals surface area contributed by atoms with Crippen LogP contribution in [0.5, 0.6) is 0 Å². The normalized spacial score (nSPS) is 21.4. The molecule has 0 N–H and O–H groups in total. The maximum absolute atomic E-state index is 13.1. The molecule has 2 saturated carbocycles. The first-order valence-corrected chi connectivity index (χ1v) is 14.3. The molecule has 2 aliphatic carbocycles. The number of amides is 1. The molecule has 0 radical (unpaired) electrons. The fraction of sp³-hybridized carbons (Fsp3) is 0.517. The van der Waals surface area contributed by atoms with Crippen molar-refractivity contribution in [1.29, 1.82) is 0 Å². The summed E-state index contributed by atoms with van der Waals surface area (Å²) in [4.78, 5) is 15.7. The summed E-state index contributed by atoms with van der Waals surface area (Å²) < 4.78 is 3.01. The van der Waals surface area contributed by atoms with Crippen LogP contribution in [-0.4, -0.2) is 26.2 Å². The monoisotopic (exact) mass is 492 g/mol. The van der Waals surface area contributed by atoms with Gasteiger partial charge in [-0.15, -0.1) is 0 Å². The van der Waals surface area contributed by atoms with Crippen LogP contribution in [0.1, 0.15) is 92.6 Å². The van der Waals surface area contributed by atoms with Crippen molar-refractivity contribution in [3.05, 3.63) is 57.8 Å². The molecule has 2 heterocycles. The third kappa shape index (κ3) is 4.92. The minimum Gasteiger partial charge on any atom is -0.318 e. The number of aromatic nitrogens is 1. The van der Waals surface area contributed by atoms with Gasteiger partial charge < -0.3 is 4.57 Å². The molecule has 3 fully saturated rings. The summed E-state index contributed by atoms with van der Waals surface area (Å²) in [6.07, 6.45) is 15.2. The Labute approximate surface area is 214 Å². The number of hydrogen-bond acceptors (Lipinski definition) is 3. The summed E-state index contributed by atoms with van der Waals surface area (Å²) in [5.41, 5.74) is 6.13. The summed E-state index contributed by atoms with van der Waals surface area (Å²) in [5, 5.41) is 0. The molecule has 0 unspecified atom stereocenters. The molecule has 2 aromatic rings. The molecule has 1 saturated heterocycles. The highest BCUT2D eigenvalue weighted by atomic mass is 32.2. The number of carbonyl (C=O) groups excluding carboxylic acids is 1. The number of aryl methyl sites for hydroxylation is 1. The van der Waals surface area contributed by atoms with Gasteiger partial charge in [0.2, 0.25) is 0 Å². The predicted octanol–water partition coefficient (Wildman–Crippen LogP) is 7.92. The fourth-order valence-electron chi connectivity index (χ4n) is 6.11. The number of thioether (sulfide) groups is 1. The van der Waals surface area contributed by atoms with Crippen molar-refractivity contribution >= 4 is 40.3 Å². The lowest BCUT2D eigenvalue weighted by atomic mass is 9.84. The van der Waals surface area contributed by atoms with E-state index in [0.717, 1.165) is 35.3 Å². The third-order valence-electron chi connectivity index (χ3n) is 8.09. The standard InChI is InChI=1S/C29H36N2OS2/c1-20-18-25(19-27-28(32)30(29(33)34-27)17-16-22-8-6-7-9-22)21(2)31(20)26-14-12-24(13-15-26)23-10-4-3-5-11-23/h12-15,18-19,22-23H,3-11,16-17H2,1-2H3. The number of benzene rings is 1. The van der Waals surface area contributed by atoms with E-state index in [1.807, 2.05) is 11.0 Å². The average Bonchev–Trinajstić information content (AvgIpc) is 3.53. The zero-order chi connectivity index (χ0) is 23.7. The number of rotatable bonds is 6. The second kappa shape index (κ2) is 10.4. The molecule has 5 rings (SSSR count). The van der Waals surface area contributed by atoms with Crippen molar-refractivity contribution in [3.8, 4) is 5.69 Å². The van der Waals surface area contributed by atoms with Gasteiger partial charge in [-0.2, -0.15) is 0 Å². The first-order valence-electron chi connectivity index (χ1n) is 13.1. The predicted molar refractivity (Wildman–Crippen MR) is 148 cm³/mol. The third-order valence-corrected chi connectivity index (χ3v) is 9.47. The first-order chi connectivity index (χ1) is 16.5. The van der Waals surface area contributed by atoms with Gasteiger partial charge in [0.1, 0.15) is 4.32 Å². The van der Waals surface area contributed by atoms with Crippen molar-refractivity contribution in [3.63, 3.8) is 0 Å². The molecule has 1 amide bonds. The van der Waals surface area contributed by atoms with E-state index in [-0.39, 0.29) is 5.91 Å². The van der Waals surface area contributed by atoms with Crippen LogP contribution in [-0.2, 0) is 4.79 Å². The van der Waals surface area contributed by atoms with Crippen molar-refractivity contribution in [1.82, 2.24) is 9.47 Å². The van der Waals surface area contributed by atoms with Crippen LogP contribution in [0.2, 0.25) is 0 Å². The molecule has 180 valence electrons. The number of hydrogen-bond donors (Lipinski definition) is 0. The van der Waals surface area contributed by atoms with Crippen LogP contribution in [0.3, 0.4) is 0 Å². The lowest BCUT2D eigenvalue weighted by molar-refractivity contribution is -0.122. The van der Waals surface area contributed by atoms with E-state index in [0.29, 0.717) is 4.32 Å². The van der Waals surface area contributed by atoms with Crippen LogP contribution in [0.25, 0.3) is 11.8 Å². The second-order valence-electron chi connectivity index (χ2n) is 10.4. The Kier molecular flexibility index (Phi) is 7.31. The molecule has 5 heteroatoms. The van der Waals surface area contributed by atoms with Crippen LogP contribution in [0, 0.1) is 19.8 Å². The van der Waals surface area contributed by atoms with Crippen molar-refractivity contribution < 1.29 is 4.79 Å². The second-order valence-corrected chi connectivity index (χ2v) is 12.0. The summed E-state index contributed by atoms with van der Waals surface area (Å²) in [7, 11) is 0. The van der Waals surface area contributed by atoms with E-state index >= 15 is 0 Å². The summed E-state index contributed by atoms with van der Waals surface area (Å²) in [6.45, 7) is 5.06. The molecule has 34 heavy (non-hydrogen) atoms. The van der Waals surface area contributed by atoms with Gasteiger partial charge in [-0.1, -0.05) is 81.1 Å². The van der Waals surface area contributed by atoms with Gasteiger partial charge >= 0.3 is 0 Å². The Hall–Kier alpha value is -1.85. The SMILES string of the molecule is Cc1cc(C=C2SC(=S)N(CCC3CCCC3)C2=O)c(C)n1-c1ccc(C2CCCCC2)cc1. The molecule has 1 aliphatic heterocycles. The van der Waals surface area contributed by atoms with Crippen molar-refractivity contribution in [2.75, 3.05) is 6.54 Å². The van der Waals surface area contributed by atoms with Crippen LogP contribution >= 0.6 is 24.0 Å². The molecule has 3 nitrogen and oxygen atoms in total. The Morgan fingerprint density at radius 3 is 2.38 bits per heavy atom. The number of carbonyl (C=O) groups is 1. The zero-order valence-corrected chi connectivity index (χ0v) is 22.1.